The zero-order valence-electron chi connectivity index (χ0n) is 9.69. The maximum atomic E-state index is 11.1. The fourth-order valence-corrected chi connectivity index (χ4v) is 1.21. The van der Waals surface area contributed by atoms with E-state index >= 15 is 0 Å². The molecule has 0 aromatic heterocycles. The lowest BCUT2D eigenvalue weighted by molar-refractivity contribution is -0.141. The van der Waals surface area contributed by atoms with Crippen molar-refractivity contribution < 1.29 is 23.6 Å². The zero-order chi connectivity index (χ0) is 13.0. The van der Waals surface area contributed by atoms with Crippen LogP contribution in [0, 0.1) is 5.41 Å². The van der Waals surface area contributed by atoms with Crippen LogP contribution in [0.2, 0.25) is 0 Å². The predicted molar refractivity (Wildman–Crippen MR) is 59.8 cm³/mol. The Morgan fingerprint density at radius 1 is 1.56 bits per heavy atom. The summed E-state index contributed by atoms with van der Waals surface area (Å²) in [6.45, 7) is 3.36. The molecule has 96 valence electrons. The Bertz CT molecular complexity index is 285. The molecule has 16 heavy (non-hydrogen) atoms. The van der Waals surface area contributed by atoms with Crippen LogP contribution < -0.4 is 5.48 Å². The van der Waals surface area contributed by atoms with E-state index in [-0.39, 0.29) is 5.41 Å². The molecule has 0 aromatic rings. The van der Waals surface area contributed by atoms with E-state index < -0.39 is 19.0 Å². The van der Waals surface area contributed by atoms with Crippen LogP contribution in [0.3, 0.4) is 0 Å². The molecule has 0 saturated carbocycles. The van der Waals surface area contributed by atoms with Crippen LogP contribution in [0.15, 0.2) is 0 Å². The van der Waals surface area contributed by atoms with Crippen molar-refractivity contribution in [2.45, 2.75) is 33.7 Å². The molecule has 0 spiro atoms. The summed E-state index contributed by atoms with van der Waals surface area (Å²) in [7, 11) is 0. The molecule has 2 unspecified atom stereocenters. The number of hydroxylamine groups is 1. The Morgan fingerprint density at radius 2 is 2.06 bits per heavy atom. The first-order valence-electron chi connectivity index (χ1n) is 4.64. The summed E-state index contributed by atoms with van der Waals surface area (Å²) < 4.78 is 14.6. The minimum atomic E-state index is -4.31. The minimum absolute atomic E-state index is 0.0601. The average molecular weight is 274 g/mol. The summed E-state index contributed by atoms with van der Waals surface area (Å²) in [5.41, 5.74) is 2.34. The van der Waals surface area contributed by atoms with Gasteiger partial charge in [0.15, 0.2) is 0 Å². The summed E-state index contributed by atoms with van der Waals surface area (Å²) in [5, 5.41) is 0. The van der Waals surface area contributed by atoms with Gasteiger partial charge in [-0.05, 0) is 12.3 Å². The molecule has 2 N–H and O–H groups in total. The molecule has 0 saturated heterocycles. The molecule has 0 aliphatic rings. The monoisotopic (exact) mass is 273 g/mol. The van der Waals surface area contributed by atoms with Gasteiger partial charge in [0.2, 0.25) is 0 Å². The molecule has 0 aliphatic carbocycles. The van der Waals surface area contributed by atoms with Crippen LogP contribution in [0.25, 0.3) is 0 Å². The first-order chi connectivity index (χ1) is 7.01. The fraction of sp³-hybridized carbons (Fsp3) is 0.875. The maximum absolute atomic E-state index is 11.1. The third-order valence-electron chi connectivity index (χ3n) is 1.32. The van der Waals surface area contributed by atoms with Gasteiger partial charge >= 0.3 is 12.9 Å². The lowest BCUT2D eigenvalue weighted by atomic mass is 9.99. The molecule has 2 atom stereocenters. The van der Waals surface area contributed by atoms with E-state index in [0.717, 1.165) is 0 Å². The van der Waals surface area contributed by atoms with Crippen LogP contribution in [-0.2, 0) is 18.7 Å². The van der Waals surface area contributed by atoms with Crippen LogP contribution in [0.4, 0.5) is 0 Å². The van der Waals surface area contributed by atoms with E-state index in [0.29, 0.717) is 6.61 Å². The minimum Gasteiger partial charge on any atom is -0.379 e. The second-order valence-electron chi connectivity index (χ2n) is 4.55. The predicted octanol–water partition coefficient (Wildman–Crippen LogP) is 1.82. The van der Waals surface area contributed by atoms with Crippen molar-refractivity contribution in [3.05, 3.63) is 0 Å². The molecule has 0 aliphatic heterocycles. The fourth-order valence-electron chi connectivity index (χ4n) is 0.621. The number of halogens is 1. The molecular weight excluding hydrogens is 257 g/mol. The van der Waals surface area contributed by atoms with Crippen LogP contribution >= 0.6 is 18.2 Å². The van der Waals surface area contributed by atoms with Crippen LogP contribution in [0.1, 0.15) is 27.7 Å². The molecule has 0 heterocycles. The first kappa shape index (κ1) is 15.9. The van der Waals surface area contributed by atoms with Crippen molar-refractivity contribution >= 4 is 24.2 Å². The van der Waals surface area contributed by atoms with Gasteiger partial charge in [0.25, 0.3) is 0 Å². The summed E-state index contributed by atoms with van der Waals surface area (Å²) in [5.74, 6) is -0.949. The largest absolute Gasteiger partial charge is 0.476 e. The highest BCUT2D eigenvalue weighted by molar-refractivity contribution is 7.80. The van der Waals surface area contributed by atoms with Crippen LogP contribution in [-0.4, -0.2) is 23.5 Å². The smallest absolute Gasteiger partial charge is 0.379 e. The van der Waals surface area contributed by atoms with E-state index in [1.165, 1.54) is 6.92 Å². The van der Waals surface area contributed by atoms with Crippen molar-refractivity contribution in [2.24, 2.45) is 5.41 Å². The molecule has 0 amide bonds. The summed E-state index contributed by atoms with van der Waals surface area (Å²) >= 11 is 4.88. The van der Waals surface area contributed by atoms with Crippen LogP contribution in [0.5, 0.6) is 0 Å². The second kappa shape index (κ2) is 5.98. The molecule has 0 bridgehead atoms. The van der Waals surface area contributed by atoms with Crippen molar-refractivity contribution in [3.8, 4) is 0 Å². The van der Waals surface area contributed by atoms with Gasteiger partial charge < -0.3 is 14.3 Å². The summed E-state index contributed by atoms with van der Waals surface area (Å²) in [6.07, 6.45) is 0. The van der Waals surface area contributed by atoms with Gasteiger partial charge in [-0.25, -0.2) is 9.36 Å². The lowest BCUT2D eigenvalue weighted by Gasteiger charge is -2.20. The Morgan fingerprint density at radius 3 is 2.44 bits per heavy atom. The highest BCUT2D eigenvalue weighted by Gasteiger charge is 2.25. The standard InChI is InChI=1S/C8H17ClNO5P/c1-6(7(11)15-16(9,12)13)10-14-5-8(2,3)4/h6,10H,5H2,1-4H3,(H,12,13). The number of hydrogen-bond donors (Lipinski definition) is 2. The Labute approximate surface area is 99.5 Å². The van der Waals surface area contributed by atoms with Gasteiger partial charge in [0.1, 0.15) is 6.04 Å². The molecule has 6 nitrogen and oxygen atoms in total. The van der Waals surface area contributed by atoms with E-state index in [1.807, 2.05) is 20.8 Å². The van der Waals surface area contributed by atoms with Crippen molar-refractivity contribution in [3.63, 3.8) is 0 Å². The molecule has 0 rings (SSSR count). The number of carbonyl (C=O) groups is 1. The van der Waals surface area contributed by atoms with Gasteiger partial charge in [0, 0.05) is 11.2 Å². The quantitative estimate of drug-likeness (QED) is 0.587. The highest BCUT2D eigenvalue weighted by Crippen LogP contribution is 2.47. The molecule has 0 radical (unpaired) electrons. The Balaban J connectivity index is 3.94. The third kappa shape index (κ3) is 9.12. The van der Waals surface area contributed by atoms with E-state index in [4.69, 9.17) is 21.0 Å². The molecule has 0 aromatic carbocycles. The SMILES string of the molecule is CC(NOCC(C)(C)C)C(=O)OP(=O)(O)Cl. The lowest BCUT2D eigenvalue weighted by Crippen LogP contribution is -2.36. The van der Waals surface area contributed by atoms with Crippen molar-refractivity contribution in [1.82, 2.24) is 5.48 Å². The van der Waals surface area contributed by atoms with Gasteiger partial charge in [-0.15, -0.1) is 0 Å². The molecular formula is C8H17ClNO5P. The van der Waals surface area contributed by atoms with E-state index in [1.54, 1.807) is 0 Å². The maximum Gasteiger partial charge on any atom is 0.476 e. The Kier molecular flexibility index (Phi) is 5.93. The summed E-state index contributed by atoms with van der Waals surface area (Å²) in [6, 6.07) is -0.874. The topological polar surface area (TPSA) is 84.9 Å². The van der Waals surface area contributed by atoms with Gasteiger partial charge in [0.05, 0.1) is 6.61 Å². The number of rotatable bonds is 5. The molecule has 8 heteroatoms. The second-order valence-corrected chi connectivity index (χ2v) is 6.92. The van der Waals surface area contributed by atoms with Crippen molar-refractivity contribution in [1.29, 1.82) is 0 Å². The van der Waals surface area contributed by atoms with Gasteiger partial charge in [-0.2, -0.15) is 5.48 Å². The first-order valence-corrected chi connectivity index (χ1v) is 7.13. The number of hydrogen-bond acceptors (Lipinski definition) is 5. The van der Waals surface area contributed by atoms with E-state index in [2.05, 4.69) is 10.0 Å². The Hall–Kier alpha value is -0.130. The zero-order valence-corrected chi connectivity index (χ0v) is 11.3. The number of carbonyl (C=O) groups excluding carboxylic acids is 1. The summed E-state index contributed by atoms with van der Waals surface area (Å²) in [4.78, 5) is 24.8. The van der Waals surface area contributed by atoms with Crippen molar-refractivity contribution in [2.75, 3.05) is 6.61 Å². The third-order valence-corrected chi connectivity index (χ3v) is 1.93. The molecule has 0 fully saturated rings. The number of nitrogens with one attached hydrogen (secondary N) is 1. The van der Waals surface area contributed by atoms with Gasteiger partial charge in [-0.3, -0.25) is 0 Å². The normalized spacial score (nSPS) is 17.6. The highest BCUT2D eigenvalue weighted by atomic mass is 35.7. The van der Waals surface area contributed by atoms with Gasteiger partial charge in [-0.1, -0.05) is 20.8 Å². The van der Waals surface area contributed by atoms with E-state index in [9.17, 15) is 9.36 Å². The average Bonchev–Trinajstić information content (AvgIpc) is 1.98.